The third-order valence-electron chi connectivity index (χ3n) is 2.84. The summed E-state index contributed by atoms with van der Waals surface area (Å²) in [5, 5.41) is 11.1. The van der Waals surface area contributed by atoms with Crippen molar-refractivity contribution in [3.05, 3.63) is 46.0 Å². The van der Waals surface area contributed by atoms with Crippen molar-refractivity contribution in [1.82, 2.24) is 0 Å². The predicted octanol–water partition coefficient (Wildman–Crippen LogP) is 2.51. The molecule has 0 radical (unpaired) electrons. The molecule has 1 aliphatic rings. The van der Waals surface area contributed by atoms with Crippen molar-refractivity contribution < 1.29 is 23.9 Å². The number of nitrogens with zero attached hydrogens (tertiary/aromatic N) is 1. The van der Waals surface area contributed by atoms with Crippen LogP contribution in [0.3, 0.4) is 0 Å². The normalized spacial score (nSPS) is 15.5. The van der Waals surface area contributed by atoms with Gasteiger partial charge in [-0.25, -0.2) is 4.79 Å². The van der Waals surface area contributed by atoms with Gasteiger partial charge < -0.3 is 14.2 Å². The molecule has 0 spiro atoms. The SMILES string of the molecule is C=C(C)C(=O)Oc1ccc([N+](=O)[O-])c(C2OCCCO2)c1. The molecule has 1 saturated heterocycles. The second kappa shape index (κ2) is 6.47. The molecule has 21 heavy (non-hydrogen) atoms. The van der Waals surface area contributed by atoms with Crippen LogP contribution in [0.1, 0.15) is 25.2 Å². The van der Waals surface area contributed by atoms with Crippen LogP contribution in [0.25, 0.3) is 0 Å². The molecule has 1 aromatic rings. The second-order valence-corrected chi connectivity index (χ2v) is 4.57. The molecule has 2 rings (SSSR count). The topological polar surface area (TPSA) is 87.9 Å². The zero-order valence-electron chi connectivity index (χ0n) is 11.5. The third kappa shape index (κ3) is 3.65. The number of esters is 1. The summed E-state index contributed by atoms with van der Waals surface area (Å²) >= 11 is 0. The predicted molar refractivity (Wildman–Crippen MR) is 72.8 cm³/mol. The molecule has 0 amide bonds. The van der Waals surface area contributed by atoms with E-state index in [-0.39, 0.29) is 22.6 Å². The van der Waals surface area contributed by atoms with Gasteiger partial charge in [0.2, 0.25) is 0 Å². The van der Waals surface area contributed by atoms with Crippen molar-refractivity contribution in [2.24, 2.45) is 0 Å². The Labute approximate surface area is 121 Å². The third-order valence-corrected chi connectivity index (χ3v) is 2.84. The van der Waals surface area contributed by atoms with Crippen LogP contribution in [0.15, 0.2) is 30.4 Å². The van der Waals surface area contributed by atoms with Gasteiger partial charge in [-0.05, 0) is 25.5 Å². The number of hydrogen-bond donors (Lipinski definition) is 0. The first-order chi connectivity index (χ1) is 9.99. The average molecular weight is 293 g/mol. The van der Waals surface area contributed by atoms with E-state index in [1.807, 2.05) is 0 Å². The first-order valence-corrected chi connectivity index (χ1v) is 6.38. The smallest absolute Gasteiger partial charge is 0.338 e. The Kier molecular flexibility index (Phi) is 4.66. The fourth-order valence-corrected chi connectivity index (χ4v) is 1.81. The number of nitro groups is 1. The molecule has 0 unspecified atom stereocenters. The number of rotatable bonds is 4. The number of hydrogen-bond acceptors (Lipinski definition) is 6. The van der Waals surface area contributed by atoms with Crippen LogP contribution in [0, 0.1) is 10.1 Å². The van der Waals surface area contributed by atoms with Crippen LogP contribution in [0.5, 0.6) is 5.75 Å². The molecule has 0 aliphatic carbocycles. The molecule has 1 fully saturated rings. The van der Waals surface area contributed by atoms with Crippen LogP contribution < -0.4 is 4.74 Å². The number of ether oxygens (including phenoxy) is 3. The van der Waals surface area contributed by atoms with Gasteiger partial charge in [0.25, 0.3) is 5.69 Å². The van der Waals surface area contributed by atoms with E-state index in [4.69, 9.17) is 14.2 Å². The van der Waals surface area contributed by atoms with E-state index in [9.17, 15) is 14.9 Å². The standard InChI is InChI=1S/C14H15NO6/c1-9(2)13(16)21-10-4-5-12(15(17)18)11(8-10)14-19-6-3-7-20-14/h4-5,8,14H,1,3,6-7H2,2H3. The molecular weight excluding hydrogens is 278 g/mol. The van der Waals surface area contributed by atoms with Gasteiger partial charge in [-0.1, -0.05) is 6.58 Å². The van der Waals surface area contributed by atoms with Gasteiger partial charge in [0.15, 0.2) is 6.29 Å². The number of benzene rings is 1. The summed E-state index contributed by atoms with van der Waals surface area (Å²) in [7, 11) is 0. The lowest BCUT2D eigenvalue weighted by Crippen LogP contribution is -2.19. The van der Waals surface area contributed by atoms with E-state index >= 15 is 0 Å². The second-order valence-electron chi connectivity index (χ2n) is 4.57. The summed E-state index contributed by atoms with van der Waals surface area (Å²) in [5.41, 5.74) is 0.323. The fraction of sp³-hybridized carbons (Fsp3) is 0.357. The van der Waals surface area contributed by atoms with Crippen molar-refractivity contribution in [3.8, 4) is 5.75 Å². The Morgan fingerprint density at radius 2 is 2.10 bits per heavy atom. The van der Waals surface area contributed by atoms with Crippen LogP contribution in [0.2, 0.25) is 0 Å². The van der Waals surface area contributed by atoms with Crippen molar-refractivity contribution in [1.29, 1.82) is 0 Å². The highest BCUT2D eigenvalue weighted by Gasteiger charge is 2.26. The summed E-state index contributed by atoms with van der Waals surface area (Å²) in [6.45, 7) is 5.90. The molecule has 1 heterocycles. The molecule has 0 saturated carbocycles. The van der Waals surface area contributed by atoms with Crippen LogP contribution in [0.4, 0.5) is 5.69 Å². The lowest BCUT2D eigenvalue weighted by atomic mass is 10.1. The van der Waals surface area contributed by atoms with Gasteiger partial charge in [-0.3, -0.25) is 10.1 Å². The quantitative estimate of drug-likeness (QED) is 0.279. The van der Waals surface area contributed by atoms with Gasteiger partial charge in [0.1, 0.15) is 5.75 Å². The zero-order valence-corrected chi connectivity index (χ0v) is 11.5. The van der Waals surface area contributed by atoms with E-state index < -0.39 is 17.2 Å². The number of carbonyl (C=O) groups is 1. The summed E-state index contributed by atoms with van der Waals surface area (Å²) < 4.78 is 15.8. The molecule has 0 atom stereocenters. The van der Waals surface area contributed by atoms with Crippen molar-refractivity contribution in [2.45, 2.75) is 19.6 Å². The molecule has 0 aromatic heterocycles. The van der Waals surface area contributed by atoms with Gasteiger partial charge in [-0.15, -0.1) is 0 Å². The maximum Gasteiger partial charge on any atom is 0.338 e. The van der Waals surface area contributed by atoms with Gasteiger partial charge in [-0.2, -0.15) is 0 Å². The first kappa shape index (κ1) is 15.1. The van der Waals surface area contributed by atoms with Gasteiger partial charge in [0.05, 0.1) is 23.7 Å². The monoisotopic (exact) mass is 293 g/mol. The molecule has 1 aromatic carbocycles. The molecular formula is C14H15NO6. The van der Waals surface area contributed by atoms with Crippen LogP contribution in [-0.4, -0.2) is 24.1 Å². The maximum atomic E-state index is 11.5. The lowest BCUT2D eigenvalue weighted by Gasteiger charge is -2.23. The van der Waals surface area contributed by atoms with E-state index in [1.54, 1.807) is 0 Å². The Morgan fingerprint density at radius 3 is 2.67 bits per heavy atom. The minimum atomic E-state index is -0.831. The Morgan fingerprint density at radius 1 is 1.43 bits per heavy atom. The Bertz CT molecular complexity index is 577. The fourth-order valence-electron chi connectivity index (χ4n) is 1.81. The molecule has 0 bridgehead atoms. The van der Waals surface area contributed by atoms with Crippen LogP contribution in [-0.2, 0) is 14.3 Å². The first-order valence-electron chi connectivity index (χ1n) is 6.38. The molecule has 7 nitrogen and oxygen atoms in total. The highest BCUT2D eigenvalue weighted by molar-refractivity contribution is 5.88. The number of carbonyl (C=O) groups excluding carboxylic acids is 1. The largest absolute Gasteiger partial charge is 0.423 e. The van der Waals surface area contributed by atoms with Gasteiger partial charge in [0, 0.05) is 11.6 Å². The maximum absolute atomic E-state index is 11.5. The lowest BCUT2D eigenvalue weighted by molar-refractivity contribution is -0.387. The number of nitro benzene ring substituents is 1. The summed E-state index contributed by atoms with van der Waals surface area (Å²) in [5.74, 6) is -0.415. The van der Waals surface area contributed by atoms with Gasteiger partial charge >= 0.3 is 5.97 Å². The van der Waals surface area contributed by atoms with Crippen molar-refractivity contribution in [2.75, 3.05) is 13.2 Å². The molecule has 1 aliphatic heterocycles. The minimum Gasteiger partial charge on any atom is -0.423 e. The molecule has 112 valence electrons. The minimum absolute atomic E-state index is 0.142. The average Bonchev–Trinajstić information content (AvgIpc) is 2.47. The van der Waals surface area contributed by atoms with E-state index in [2.05, 4.69) is 6.58 Å². The van der Waals surface area contributed by atoms with Crippen LogP contribution >= 0.6 is 0 Å². The molecule has 7 heteroatoms. The molecule has 0 N–H and O–H groups in total. The van der Waals surface area contributed by atoms with Crippen molar-refractivity contribution in [3.63, 3.8) is 0 Å². The van der Waals surface area contributed by atoms with E-state index in [0.717, 1.165) is 6.42 Å². The Hall–Kier alpha value is -2.25. The van der Waals surface area contributed by atoms with Crippen molar-refractivity contribution >= 4 is 11.7 Å². The zero-order chi connectivity index (χ0) is 15.4. The summed E-state index contributed by atoms with van der Waals surface area (Å²) in [4.78, 5) is 22.1. The van der Waals surface area contributed by atoms with E-state index in [1.165, 1.54) is 25.1 Å². The highest BCUT2D eigenvalue weighted by atomic mass is 16.7. The highest BCUT2D eigenvalue weighted by Crippen LogP contribution is 2.33. The summed E-state index contributed by atoms with van der Waals surface area (Å²) in [6, 6.07) is 4.00. The Balaban J connectivity index is 2.31. The van der Waals surface area contributed by atoms with E-state index in [0.29, 0.717) is 13.2 Å². The summed E-state index contributed by atoms with van der Waals surface area (Å²) in [6.07, 6.45) is -0.100.